The molecule has 0 aliphatic rings. The number of hydrazine groups is 1. The van der Waals surface area contributed by atoms with Crippen molar-refractivity contribution in [2.24, 2.45) is 0 Å². The van der Waals surface area contributed by atoms with Gasteiger partial charge in [0.25, 0.3) is 11.8 Å². The van der Waals surface area contributed by atoms with Gasteiger partial charge in [-0.2, -0.15) is 5.10 Å². The number of hydrogen-bond donors (Lipinski definition) is 2. The Hall–Kier alpha value is -2.83. The van der Waals surface area contributed by atoms with E-state index in [1.54, 1.807) is 31.2 Å². The van der Waals surface area contributed by atoms with Gasteiger partial charge in [0.05, 0.1) is 22.8 Å². The van der Waals surface area contributed by atoms with Crippen LogP contribution in [0, 0.1) is 6.92 Å². The van der Waals surface area contributed by atoms with Crippen LogP contribution in [0.25, 0.3) is 0 Å². The van der Waals surface area contributed by atoms with Gasteiger partial charge >= 0.3 is 0 Å². The number of rotatable bonds is 4. The number of aryl methyl sites for hydroxylation is 1. The second kappa shape index (κ2) is 8.24. The molecule has 0 spiro atoms. The van der Waals surface area contributed by atoms with Gasteiger partial charge in [-0.05, 0) is 24.6 Å². The molecule has 3 rings (SSSR count). The monoisotopic (exact) mass is 402 g/mol. The van der Waals surface area contributed by atoms with Gasteiger partial charge in [0, 0.05) is 0 Å². The zero-order valence-corrected chi connectivity index (χ0v) is 15.9. The van der Waals surface area contributed by atoms with Crippen LogP contribution in [0.3, 0.4) is 0 Å². The zero-order valence-electron chi connectivity index (χ0n) is 14.4. The molecule has 6 nitrogen and oxygen atoms in total. The first-order valence-electron chi connectivity index (χ1n) is 8.09. The van der Waals surface area contributed by atoms with E-state index in [4.69, 9.17) is 23.2 Å². The molecule has 0 fully saturated rings. The Morgan fingerprint density at radius 1 is 0.963 bits per heavy atom. The number of nitrogens with one attached hydrogen (secondary N) is 2. The summed E-state index contributed by atoms with van der Waals surface area (Å²) in [6.45, 7) is 2.11. The van der Waals surface area contributed by atoms with E-state index in [1.165, 1.54) is 4.68 Å². The molecule has 0 aliphatic carbocycles. The summed E-state index contributed by atoms with van der Waals surface area (Å²) in [5.41, 5.74) is 6.59. The number of aromatic nitrogens is 2. The Labute approximate surface area is 166 Å². The molecule has 0 unspecified atom stereocenters. The van der Waals surface area contributed by atoms with Crippen LogP contribution in [0.2, 0.25) is 10.2 Å². The smallest absolute Gasteiger partial charge is 0.267 e. The van der Waals surface area contributed by atoms with Crippen LogP contribution in [0.5, 0.6) is 0 Å². The quantitative estimate of drug-likeness (QED) is 0.654. The molecule has 27 heavy (non-hydrogen) atoms. The summed E-state index contributed by atoms with van der Waals surface area (Å²) in [5.74, 6) is -1.09. The summed E-state index contributed by atoms with van der Waals surface area (Å²) in [4.78, 5) is 24.6. The second-order valence-electron chi connectivity index (χ2n) is 5.78. The molecule has 1 aromatic heterocycles. The van der Waals surface area contributed by atoms with Crippen LogP contribution >= 0.6 is 23.2 Å². The standard InChI is InChI=1S/C19H16Cl2N4O2/c1-12-16(17(21)25(24-12)11-13-7-3-2-4-8-13)19(27)23-22-18(26)14-9-5-6-10-15(14)20/h2-10H,11H2,1H3,(H,22,26)(H,23,27). The fourth-order valence-corrected chi connectivity index (χ4v) is 3.10. The van der Waals surface area contributed by atoms with Crippen molar-refractivity contribution >= 4 is 35.0 Å². The number of hydrogen-bond acceptors (Lipinski definition) is 3. The highest BCUT2D eigenvalue weighted by Gasteiger charge is 2.21. The van der Waals surface area contributed by atoms with Crippen LogP contribution in [0.15, 0.2) is 54.6 Å². The Bertz CT molecular complexity index is 987. The van der Waals surface area contributed by atoms with Gasteiger partial charge in [-0.25, -0.2) is 4.68 Å². The van der Waals surface area contributed by atoms with Gasteiger partial charge in [0.2, 0.25) is 0 Å². The van der Waals surface area contributed by atoms with E-state index in [9.17, 15) is 9.59 Å². The Kier molecular flexibility index (Phi) is 5.78. The minimum Gasteiger partial charge on any atom is -0.267 e. The number of nitrogens with zero attached hydrogens (tertiary/aromatic N) is 2. The second-order valence-corrected chi connectivity index (χ2v) is 6.55. The normalized spacial score (nSPS) is 10.5. The van der Waals surface area contributed by atoms with E-state index in [2.05, 4.69) is 16.0 Å². The van der Waals surface area contributed by atoms with Crippen LogP contribution in [0.1, 0.15) is 32.0 Å². The summed E-state index contributed by atoms with van der Waals surface area (Å²) >= 11 is 12.3. The predicted molar refractivity (Wildman–Crippen MR) is 104 cm³/mol. The molecule has 1 heterocycles. The molecule has 0 saturated heterocycles. The highest BCUT2D eigenvalue weighted by atomic mass is 35.5. The van der Waals surface area contributed by atoms with Crippen LogP contribution in [-0.4, -0.2) is 21.6 Å². The van der Waals surface area contributed by atoms with E-state index in [1.807, 2.05) is 30.3 Å². The molecule has 0 bridgehead atoms. The molecule has 2 aromatic carbocycles. The van der Waals surface area contributed by atoms with Crippen LogP contribution in [0.4, 0.5) is 0 Å². The Morgan fingerprint density at radius 3 is 2.30 bits per heavy atom. The topological polar surface area (TPSA) is 76.0 Å². The van der Waals surface area contributed by atoms with E-state index < -0.39 is 11.8 Å². The van der Waals surface area contributed by atoms with E-state index in [-0.39, 0.29) is 21.3 Å². The number of benzene rings is 2. The largest absolute Gasteiger partial charge is 0.274 e. The zero-order chi connectivity index (χ0) is 19.4. The van der Waals surface area contributed by atoms with Crippen LogP contribution < -0.4 is 10.9 Å². The Balaban J connectivity index is 1.72. The van der Waals surface area contributed by atoms with Gasteiger partial charge < -0.3 is 0 Å². The maximum Gasteiger partial charge on any atom is 0.274 e. The predicted octanol–water partition coefficient (Wildman–Crippen LogP) is 3.62. The molecule has 0 saturated carbocycles. The fraction of sp³-hybridized carbons (Fsp3) is 0.105. The lowest BCUT2D eigenvalue weighted by atomic mass is 10.2. The molecule has 0 atom stereocenters. The summed E-state index contributed by atoms with van der Waals surface area (Å²) < 4.78 is 1.54. The third-order valence-electron chi connectivity index (χ3n) is 3.88. The average molecular weight is 403 g/mol. The summed E-state index contributed by atoms with van der Waals surface area (Å²) in [6, 6.07) is 16.2. The van der Waals surface area contributed by atoms with E-state index >= 15 is 0 Å². The van der Waals surface area contributed by atoms with Gasteiger partial charge in [-0.3, -0.25) is 20.4 Å². The highest BCUT2D eigenvalue weighted by Crippen LogP contribution is 2.21. The first kappa shape index (κ1) is 18.9. The molecule has 138 valence electrons. The van der Waals surface area contributed by atoms with Gasteiger partial charge in [-0.15, -0.1) is 0 Å². The van der Waals surface area contributed by atoms with Gasteiger partial charge in [-0.1, -0.05) is 65.7 Å². The number of halogens is 2. The van der Waals surface area contributed by atoms with Crippen molar-refractivity contribution in [3.05, 3.63) is 87.2 Å². The third kappa shape index (κ3) is 4.30. The van der Waals surface area contributed by atoms with Crippen molar-refractivity contribution in [2.75, 3.05) is 0 Å². The van der Waals surface area contributed by atoms with Crippen LogP contribution in [-0.2, 0) is 6.54 Å². The minimum absolute atomic E-state index is 0.195. The maximum atomic E-state index is 12.5. The summed E-state index contributed by atoms with van der Waals surface area (Å²) in [6.07, 6.45) is 0. The van der Waals surface area contributed by atoms with E-state index in [0.717, 1.165) is 5.56 Å². The molecule has 2 N–H and O–H groups in total. The highest BCUT2D eigenvalue weighted by molar-refractivity contribution is 6.34. The number of amides is 2. The van der Waals surface area contributed by atoms with Crippen molar-refractivity contribution in [2.45, 2.75) is 13.5 Å². The number of carbonyl (C=O) groups excluding carboxylic acids is 2. The van der Waals surface area contributed by atoms with Gasteiger partial charge in [0.15, 0.2) is 0 Å². The molecule has 8 heteroatoms. The third-order valence-corrected chi connectivity index (χ3v) is 4.59. The first-order chi connectivity index (χ1) is 13.0. The lowest BCUT2D eigenvalue weighted by Crippen LogP contribution is -2.42. The molecule has 3 aromatic rings. The van der Waals surface area contributed by atoms with Gasteiger partial charge in [0.1, 0.15) is 10.7 Å². The van der Waals surface area contributed by atoms with Crippen molar-refractivity contribution in [3.8, 4) is 0 Å². The average Bonchev–Trinajstić information content (AvgIpc) is 2.94. The molecule has 0 radical (unpaired) electrons. The number of carbonyl (C=O) groups is 2. The lowest BCUT2D eigenvalue weighted by molar-refractivity contribution is 0.0846. The van der Waals surface area contributed by atoms with Crippen molar-refractivity contribution in [3.63, 3.8) is 0 Å². The molecular weight excluding hydrogens is 387 g/mol. The SMILES string of the molecule is Cc1nn(Cc2ccccc2)c(Cl)c1C(=O)NNC(=O)c1ccccc1Cl. The molecule has 2 amide bonds. The maximum absolute atomic E-state index is 12.5. The Morgan fingerprint density at radius 2 is 1.59 bits per heavy atom. The lowest BCUT2D eigenvalue weighted by Gasteiger charge is -2.08. The minimum atomic E-state index is -0.558. The van der Waals surface area contributed by atoms with Crippen molar-refractivity contribution < 1.29 is 9.59 Å². The molecular formula is C19H16Cl2N4O2. The van der Waals surface area contributed by atoms with Crippen molar-refractivity contribution in [1.29, 1.82) is 0 Å². The first-order valence-corrected chi connectivity index (χ1v) is 8.85. The summed E-state index contributed by atoms with van der Waals surface area (Å²) in [5, 5.41) is 4.80. The molecule has 0 aliphatic heterocycles. The fourth-order valence-electron chi connectivity index (χ4n) is 2.56. The summed E-state index contributed by atoms with van der Waals surface area (Å²) in [7, 11) is 0. The van der Waals surface area contributed by atoms with Crippen molar-refractivity contribution in [1.82, 2.24) is 20.6 Å². The van der Waals surface area contributed by atoms with E-state index in [0.29, 0.717) is 12.2 Å².